The lowest BCUT2D eigenvalue weighted by Gasteiger charge is -2.20. The van der Waals surface area contributed by atoms with E-state index in [2.05, 4.69) is 0 Å². The van der Waals surface area contributed by atoms with E-state index in [-0.39, 0.29) is 0 Å². The molecule has 0 bridgehead atoms. The van der Waals surface area contributed by atoms with Gasteiger partial charge in [-0.25, -0.2) is 12.7 Å². The first-order valence-electron chi connectivity index (χ1n) is 7.23. The molecule has 0 spiro atoms. The van der Waals surface area contributed by atoms with Gasteiger partial charge in [-0.1, -0.05) is 6.07 Å². The van der Waals surface area contributed by atoms with Crippen LogP contribution in [0, 0.1) is 5.92 Å². The molecular formula is C15H21NO3S. The van der Waals surface area contributed by atoms with Crippen molar-refractivity contribution in [3.63, 3.8) is 0 Å². The highest BCUT2D eigenvalue weighted by Gasteiger charge is 2.26. The third-order valence-electron chi connectivity index (χ3n) is 4.32. The zero-order valence-corrected chi connectivity index (χ0v) is 12.7. The number of rotatable bonds is 4. The van der Waals surface area contributed by atoms with Gasteiger partial charge in [-0.15, -0.1) is 0 Å². The number of benzene rings is 1. The first-order valence-corrected chi connectivity index (χ1v) is 8.67. The minimum absolute atomic E-state index is 0.323. The van der Waals surface area contributed by atoms with E-state index in [1.165, 1.54) is 15.4 Å². The number of hydrogen-bond donors (Lipinski definition) is 0. The van der Waals surface area contributed by atoms with Crippen LogP contribution in [0.25, 0.3) is 0 Å². The average molecular weight is 295 g/mol. The molecule has 1 aliphatic heterocycles. The fourth-order valence-corrected chi connectivity index (χ4v) is 4.38. The summed E-state index contributed by atoms with van der Waals surface area (Å²) in [6.45, 7) is 1.96. The van der Waals surface area contributed by atoms with Gasteiger partial charge in [-0.05, 0) is 54.9 Å². The molecule has 0 saturated carbocycles. The second kappa shape index (κ2) is 5.47. The summed E-state index contributed by atoms with van der Waals surface area (Å²) < 4.78 is 32.0. The number of fused-ring (bicyclic) bond motifs is 1. The van der Waals surface area contributed by atoms with Crippen molar-refractivity contribution in [1.82, 2.24) is 4.31 Å². The van der Waals surface area contributed by atoms with Crippen LogP contribution in [-0.2, 0) is 27.6 Å². The Labute approximate surface area is 120 Å². The Morgan fingerprint density at radius 1 is 1.30 bits per heavy atom. The molecule has 0 N–H and O–H groups in total. The molecule has 1 aliphatic carbocycles. The van der Waals surface area contributed by atoms with Crippen LogP contribution in [0.2, 0.25) is 0 Å². The monoisotopic (exact) mass is 295 g/mol. The van der Waals surface area contributed by atoms with Crippen molar-refractivity contribution >= 4 is 10.0 Å². The molecule has 20 heavy (non-hydrogen) atoms. The third kappa shape index (κ3) is 2.62. The molecule has 1 heterocycles. The first-order chi connectivity index (χ1) is 9.57. The average Bonchev–Trinajstić information content (AvgIpc) is 3.07. The van der Waals surface area contributed by atoms with Crippen LogP contribution < -0.4 is 0 Å². The van der Waals surface area contributed by atoms with Gasteiger partial charge >= 0.3 is 0 Å². The van der Waals surface area contributed by atoms with Gasteiger partial charge in [0, 0.05) is 20.2 Å². The Bertz CT molecular complexity index is 591. The zero-order chi connectivity index (χ0) is 14.2. The maximum atomic E-state index is 12.6. The van der Waals surface area contributed by atoms with Gasteiger partial charge in [0.2, 0.25) is 10.0 Å². The highest BCUT2D eigenvalue weighted by Crippen LogP contribution is 2.26. The number of ether oxygens (including phenoxy) is 1. The van der Waals surface area contributed by atoms with Gasteiger partial charge in [0.05, 0.1) is 11.5 Å². The van der Waals surface area contributed by atoms with Gasteiger partial charge in [-0.3, -0.25) is 0 Å². The minimum atomic E-state index is -3.37. The highest BCUT2D eigenvalue weighted by atomic mass is 32.2. The van der Waals surface area contributed by atoms with E-state index in [1.807, 2.05) is 12.1 Å². The number of sulfonamides is 1. The fraction of sp³-hybridized carbons (Fsp3) is 0.600. The lowest BCUT2D eigenvalue weighted by molar-refractivity contribution is 0.182. The summed E-state index contributed by atoms with van der Waals surface area (Å²) in [5.74, 6) is 0.323. The fourth-order valence-electron chi connectivity index (χ4n) is 3.08. The minimum Gasteiger partial charge on any atom is -0.381 e. The van der Waals surface area contributed by atoms with E-state index in [0.29, 0.717) is 24.0 Å². The van der Waals surface area contributed by atoms with Crippen LogP contribution in [0.3, 0.4) is 0 Å². The Balaban J connectivity index is 1.79. The van der Waals surface area contributed by atoms with Gasteiger partial charge < -0.3 is 4.74 Å². The van der Waals surface area contributed by atoms with E-state index in [1.54, 1.807) is 13.1 Å². The van der Waals surface area contributed by atoms with Crippen molar-refractivity contribution in [2.45, 2.75) is 30.6 Å². The summed E-state index contributed by atoms with van der Waals surface area (Å²) >= 11 is 0. The first kappa shape index (κ1) is 14.0. The molecule has 1 fully saturated rings. The Morgan fingerprint density at radius 3 is 2.85 bits per heavy atom. The van der Waals surface area contributed by atoms with Crippen molar-refractivity contribution in [3.8, 4) is 0 Å². The van der Waals surface area contributed by atoms with E-state index in [9.17, 15) is 8.42 Å². The summed E-state index contributed by atoms with van der Waals surface area (Å²) in [7, 11) is -1.70. The van der Waals surface area contributed by atoms with E-state index < -0.39 is 10.0 Å². The lowest BCUT2D eigenvalue weighted by atomic mass is 10.1. The van der Waals surface area contributed by atoms with Crippen molar-refractivity contribution < 1.29 is 13.2 Å². The van der Waals surface area contributed by atoms with Crippen LogP contribution in [0.15, 0.2) is 23.1 Å². The Kier molecular flexibility index (Phi) is 3.84. The second-order valence-electron chi connectivity index (χ2n) is 5.80. The summed E-state index contributed by atoms with van der Waals surface area (Å²) in [5.41, 5.74) is 2.50. The normalized spacial score (nSPS) is 22.4. The second-order valence-corrected chi connectivity index (χ2v) is 7.84. The predicted molar refractivity (Wildman–Crippen MR) is 77.2 cm³/mol. The van der Waals surface area contributed by atoms with Crippen LogP contribution in [0.1, 0.15) is 24.0 Å². The summed E-state index contributed by atoms with van der Waals surface area (Å²) in [6.07, 6.45) is 4.15. The van der Waals surface area contributed by atoms with E-state index in [4.69, 9.17) is 4.74 Å². The maximum absolute atomic E-state index is 12.6. The molecule has 5 heteroatoms. The van der Waals surface area contributed by atoms with Crippen LogP contribution in [-0.4, -0.2) is 39.5 Å². The summed E-state index contributed by atoms with van der Waals surface area (Å²) in [5, 5.41) is 0. The Morgan fingerprint density at radius 2 is 2.10 bits per heavy atom. The lowest BCUT2D eigenvalue weighted by Crippen LogP contribution is -2.32. The quantitative estimate of drug-likeness (QED) is 0.851. The summed E-state index contributed by atoms with van der Waals surface area (Å²) in [4.78, 5) is 0.430. The zero-order valence-electron chi connectivity index (χ0n) is 11.8. The largest absolute Gasteiger partial charge is 0.381 e. The molecule has 0 amide bonds. The third-order valence-corrected chi connectivity index (χ3v) is 6.14. The van der Waals surface area contributed by atoms with Gasteiger partial charge in [0.15, 0.2) is 0 Å². The molecular weight excluding hydrogens is 274 g/mol. The molecule has 1 atom stereocenters. The number of hydrogen-bond acceptors (Lipinski definition) is 3. The van der Waals surface area contributed by atoms with Crippen LogP contribution >= 0.6 is 0 Å². The molecule has 0 aromatic heterocycles. The SMILES string of the molecule is CN(CC1CCOC1)S(=O)(=O)c1ccc2c(c1)CCC2. The van der Waals surface area contributed by atoms with Crippen LogP contribution in [0.4, 0.5) is 0 Å². The molecule has 3 rings (SSSR count). The molecule has 2 aliphatic rings. The molecule has 1 unspecified atom stereocenters. The molecule has 1 aromatic rings. The molecule has 1 aromatic carbocycles. The molecule has 110 valence electrons. The van der Waals surface area contributed by atoms with Gasteiger partial charge in [0.25, 0.3) is 0 Å². The van der Waals surface area contributed by atoms with Crippen molar-refractivity contribution in [2.75, 3.05) is 26.8 Å². The molecule has 1 saturated heterocycles. The van der Waals surface area contributed by atoms with Gasteiger partial charge in [0.1, 0.15) is 0 Å². The smallest absolute Gasteiger partial charge is 0.242 e. The Hall–Kier alpha value is -0.910. The standard InChI is InChI=1S/C15H21NO3S/c1-16(10-12-7-8-19-11-12)20(17,18)15-6-5-13-3-2-4-14(13)9-15/h5-6,9,12H,2-4,7-8,10-11H2,1H3. The van der Waals surface area contributed by atoms with E-state index in [0.717, 1.165) is 32.3 Å². The van der Waals surface area contributed by atoms with Crippen molar-refractivity contribution in [2.24, 2.45) is 5.92 Å². The van der Waals surface area contributed by atoms with Crippen molar-refractivity contribution in [3.05, 3.63) is 29.3 Å². The van der Waals surface area contributed by atoms with Crippen molar-refractivity contribution in [1.29, 1.82) is 0 Å². The van der Waals surface area contributed by atoms with Gasteiger partial charge in [-0.2, -0.15) is 0 Å². The van der Waals surface area contributed by atoms with E-state index >= 15 is 0 Å². The molecule has 4 nitrogen and oxygen atoms in total. The predicted octanol–water partition coefficient (Wildman–Crippen LogP) is 1.83. The molecule has 0 radical (unpaired) electrons. The van der Waals surface area contributed by atoms with Crippen LogP contribution in [0.5, 0.6) is 0 Å². The maximum Gasteiger partial charge on any atom is 0.242 e. The highest BCUT2D eigenvalue weighted by molar-refractivity contribution is 7.89. The summed E-state index contributed by atoms with van der Waals surface area (Å²) in [6, 6.07) is 5.59. The number of nitrogens with zero attached hydrogens (tertiary/aromatic N) is 1. The topological polar surface area (TPSA) is 46.6 Å². The number of aryl methyl sites for hydroxylation is 2.